The molecule has 0 aromatic carbocycles. The molecule has 2 rings (SSSR count). The summed E-state index contributed by atoms with van der Waals surface area (Å²) in [6.07, 6.45) is 2.59. The lowest BCUT2D eigenvalue weighted by Crippen LogP contribution is -2.52. The van der Waals surface area contributed by atoms with Crippen LogP contribution in [-0.4, -0.2) is 49.6 Å². The van der Waals surface area contributed by atoms with Crippen LogP contribution in [0.2, 0.25) is 0 Å². The average molecular weight is 211 g/mol. The van der Waals surface area contributed by atoms with Crippen molar-refractivity contribution < 1.29 is 4.79 Å². The van der Waals surface area contributed by atoms with Gasteiger partial charge < -0.3 is 10.6 Å². The molecule has 1 aliphatic carbocycles. The summed E-state index contributed by atoms with van der Waals surface area (Å²) < 4.78 is 0. The number of hydrogen-bond acceptors (Lipinski definition) is 3. The van der Waals surface area contributed by atoms with Crippen LogP contribution in [-0.2, 0) is 4.79 Å². The van der Waals surface area contributed by atoms with Gasteiger partial charge in [-0.05, 0) is 25.7 Å². The third-order valence-corrected chi connectivity index (χ3v) is 3.34. The van der Waals surface area contributed by atoms with Gasteiger partial charge in [0.2, 0.25) is 5.91 Å². The van der Waals surface area contributed by atoms with E-state index in [1.165, 1.54) is 12.8 Å². The first-order chi connectivity index (χ1) is 7.27. The van der Waals surface area contributed by atoms with Crippen LogP contribution in [0.1, 0.15) is 19.8 Å². The quantitative estimate of drug-likeness (QED) is 0.677. The first-order valence-electron chi connectivity index (χ1n) is 6.00. The fraction of sp³-hybridized carbons (Fsp3) is 0.909. The number of nitrogens with zero attached hydrogens (tertiary/aromatic N) is 1. The van der Waals surface area contributed by atoms with Crippen LogP contribution >= 0.6 is 0 Å². The lowest BCUT2D eigenvalue weighted by Gasteiger charge is -2.31. The van der Waals surface area contributed by atoms with Crippen LogP contribution in [0.15, 0.2) is 0 Å². The highest BCUT2D eigenvalue weighted by atomic mass is 16.2. The van der Waals surface area contributed by atoms with E-state index in [0.717, 1.165) is 38.6 Å². The lowest BCUT2D eigenvalue weighted by molar-refractivity contribution is -0.126. The fourth-order valence-electron chi connectivity index (χ4n) is 1.95. The van der Waals surface area contributed by atoms with E-state index in [0.29, 0.717) is 0 Å². The number of carbonyl (C=O) groups is 1. The topological polar surface area (TPSA) is 44.4 Å². The summed E-state index contributed by atoms with van der Waals surface area (Å²) in [6, 6.07) is 0.0332. The van der Waals surface area contributed by atoms with Crippen molar-refractivity contribution in [2.45, 2.75) is 25.8 Å². The van der Waals surface area contributed by atoms with Gasteiger partial charge in [0.15, 0.2) is 0 Å². The first-order valence-corrected chi connectivity index (χ1v) is 6.00. The van der Waals surface area contributed by atoms with Gasteiger partial charge in [-0.3, -0.25) is 9.69 Å². The van der Waals surface area contributed by atoms with Crippen LogP contribution in [0, 0.1) is 5.92 Å². The Morgan fingerprint density at radius 1 is 1.47 bits per heavy atom. The van der Waals surface area contributed by atoms with Crippen molar-refractivity contribution >= 4 is 5.91 Å². The van der Waals surface area contributed by atoms with Gasteiger partial charge in [0.25, 0.3) is 0 Å². The van der Waals surface area contributed by atoms with Gasteiger partial charge in [0.1, 0.15) is 0 Å². The molecule has 0 spiro atoms. The van der Waals surface area contributed by atoms with E-state index < -0.39 is 0 Å². The van der Waals surface area contributed by atoms with Gasteiger partial charge in [0.05, 0.1) is 6.04 Å². The van der Waals surface area contributed by atoms with Gasteiger partial charge in [-0.2, -0.15) is 0 Å². The number of piperazine rings is 1. The minimum absolute atomic E-state index is 0.0332. The number of rotatable bonds is 4. The molecule has 1 heterocycles. The molecule has 0 aromatic heterocycles. The summed E-state index contributed by atoms with van der Waals surface area (Å²) in [5.41, 5.74) is 0. The van der Waals surface area contributed by atoms with Crippen LogP contribution < -0.4 is 10.6 Å². The molecule has 4 nitrogen and oxygen atoms in total. The molecular formula is C11H21N3O. The molecule has 2 fully saturated rings. The molecular weight excluding hydrogens is 190 g/mol. The minimum atomic E-state index is 0.0332. The Morgan fingerprint density at radius 2 is 2.13 bits per heavy atom. The normalized spacial score (nSPS) is 24.9. The number of carbonyl (C=O) groups excluding carboxylic acids is 1. The molecule has 86 valence electrons. The second-order valence-corrected chi connectivity index (χ2v) is 4.65. The molecule has 2 N–H and O–H groups in total. The number of amides is 1. The summed E-state index contributed by atoms with van der Waals surface area (Å²) in [4.78, 5) is 14.1. The molecule has 4 heteroatoms. The minimum Gasteiger partial charge on any atom is -0.354 e. The Labute approximate surface area is 91.4 Å². The zero-order chi connectivity index (χ0) is 10.7. The van der Waals surface area contributed by atoms with Crippen molar-refractivity contribution in [3.8, 4) is 0 Å². The number of hydrogen-bond donors (Lipinski definition) is 2. The summed E-state index contributed by atoms with van der Waals surface area (Å²) in [6.45, 7) is 6.86. The van der Waals surface area contributed by atoms with Crippen LogP contribution in [0.5, 0.6) is 0 Å². The van der Waals surface area contributed by atoms with Gasteiger partial charge in [0, 0.05) is 32.7 Å². The van der Waals surface area contributed by atoms with E-state index in [1.807, 2.05) is 6.92 Å². The van der Waals surface area contributed by atoms with Crippen molar-refractivity contribution in [3.63, 3.8) is 0 Å². The van der Waals surface area contributed by atoms with Crippen molar-refractivity contribution in [3.05, 3.63) is 0 Å². The zero-order valence-corrected chi connectivity index (χ0v) is 9.46. The first kappa shape index (κ1) is 10.9. The van der Waals surface area contributed by atoms with Gasteiger partial charge in [-0.15, -0.1) is 0 Å². The van der Waals surface area contributed by atoms with Crippen molar-refractivity contribution in [1.82, 2.24) is 15.5 Å². The number of nitrogens with one attached hydrogen (secondary N) is 2. The Morgan fingerprint density at radius 3 is 2.73 bits per heavy atom. The third kappa shape index (κ3) is 3.18. The standard InChI is InChI=1S/C11H21N3O/c1-9(14-6-4-12-5-7-14)11(15)13-8-10-2-3-10/h9-10,12H,2-8H2,1H3,(H,13,15). The van der Waals surface area contributed by atoms with E-state index in [9.17, 15) is 4.79 Å². The third-order valence-electron chi connectivity index (χ3n) is 3.34. The Balaban J connectivity index is 1.71. The molecule has 0 radical (unpaired) electrons. The molecule has 1 saturated carbocycles. The second-order valence-electron chi connectivity index (χ2n) is 4.65. The van der Waals surface area contributed by atoms with E-state index in [1.54, 1.807) is 0 Å². The van der Waals surface area contributed by atoms with Gasteiger partial charge in [-0.1, -0.05) is 0 Å². The molecule has 1 unspecified atom stereocenters. The van der Waals surface area contributed by atoms with E-state index in [4.69, 9.17) is 0 Å². The molecule has 15 heavy (non-hydrogen) atoms. The molecule has 1 aliphatic heterocycles. The Kier molecular flexibility index (Phi) is 3.59. The molecule has 0 bridgehead atoms. The maximum Gasteiger partial charge on any atom is 0.237 e. The summed E-state index contributed by atoms with van der Waals surface area (Å²) >= 11 is 0. The van der Waals surface area contributed by atoms with Gasteiger partial charge >= 0.3 is 0 Å². The van der Waals surface area contributed by atoms with Crippen molar-refractivity contribution in [2.75, 3.05) is 32.7 Å². The maximum absolute atomic E-state index is 11.8. The maximum atomic E-state index is 11.8. The summed E-state index contributed by atoms with van der Waals surface area (Å²) in [5, 5.41) is 6.34. The smallest absolute Gasteiger partial charge is 0.237 e. The zero-order valence-electron chi connectivity index (χ0n) is 9.46. The van der Waals surface area contributed by atoms with Crippen molar-refractivity contribution in [1.29, 1.82) is 0 Å². The Hall–Kier alpha value is -0.610. The summed E-state index contributed by atoms with van der Waals surface area (Å²) in [5.74, 6) is 0.966. The Bertz CT molecular complexity index is 222. The van der Waals surface area contributed by atoms with Crippen LogP contribution in [0.3, 0.4) is 0 Å². The lowest BCUT2D eigenvalue weighted by atomic mass is 10.2. The highest BCUT2D eigenvalue weighted by molar-refractivity contribution is 5.81. The fourth-order valence-corrected chi connectivity index (χ4v) is 1.95. The monoisotopic (exact) mass is 211 g/mol. The van der Waals surface area contributed by atoms with E-state index in [2.05, 4.69) is 15.5 Å². The second kappa shape index (κ2) is 4.94. The van der Waals surface area contributed by atoms with E-state index in [-0.39, 0.29) is 11.9 Å². The van der Waals surface area contributed by atoms with Gasteiger partial charge in [-0.25, -0.2) is 0 Å². The predicted octanol–water partition coefficient (Wildman–Crippen LogP) is -0.194. The average Bonchev–Trinajstić information content (AvgIpc) is 3.10. The van der Waals surface area contributed by atoms with Crippen LogP contribution in [0.25, 0.3) is 0 Å². The SMILES string of the molecule is CC(C(=O)NCC1CC1)N1CCNCC1. The highest BCUT2D eigenvalue weighted by Gasteiger charge is 2.25. The predicted molar refractivity (Wildman–Crippen MR) is 59.6 cm³/mol. The van der Waals surface area contributed by atoms with Crippen molar-refractivity contribution in [2.24, 2.45) is 5.92 Å². The molecule has 2 aliphatic rings. The summed E-state index contributed by atoms with van der Waals surface area (Å²) in [7, 11) is 0. The van der Waals surface area contributed by atoms with Crippen LogP contribution in [0.4, 0.5) is 0 Å². The molecule has 1 saturated heterocycles. The van der Waals surface area contributed by atoms with E-state index >= 15 is 0 Å². The molecule has 1 amide bonds. The largest absolute Gasteiger partial charge is 0.354 e. The highest BCUT2D eigenvalue weighted by Crippen LogP contribution is 2.27. The molecule has 1 atom stereocenters. The molecule has 0 aromatic rings.